The van der Waals surface area contributed by atoms with E-state index in [4.69, 9.17) is 0 Å². The average molecular weight is 266 g/mol. The van der Waals surface area contributed by atoms with Gasteiger partial charge in [-0.2, -0.15) is 0 Å². The molecule has 0 saturated carbocycles. The van der Waals surface area contributed by atoms with E-state index in [2.05, 4.69) is 4.98 Å². The molecule has 4 nitrogen and oxygen atoms in total. The number of carbonyl (C=O) groups is 1. The Morgan fingerprint density at radius 3 is 2.85 bits per heavy atom. The lowest BCUT2D eigenvalue weighted by atomic mass is 10.0. The van der Waals surface area contributed by atoms with Gasteiger partial charge in [-0.05, 0) is 30.5 Å². The molecule has 0 bridgehead atoms. The second-order valence-corrected chi connectivity index (χ2v) is 4.56. The van der Waals surface area contributed by atoms with Gasteiger partial charge in [-0.25, -0.2) is 4.79 Å². The van der Waals surface area contributed by atoms with Gasteiger partial charge < -0.3 is 9.67 Å². The van der Waals surface area contributed by atoms with Crippen LogP contribution in [0.15, 0.2) is 48.8 Å². The average Bonchev–Trinajstić information content (AvgIpc) is 2.90. The van der Waals surface area contributed by atoms with Crippen LogP contribution >= 0.6 is 0 Å². The molecule has 2 aromatic heterocycles. The molecule has 0 spiro atoms. The number of fused-ring (bicyclic) bond motifs is 1. The third-order valence-electron chi connectivity index (χ3n) is 3.47. The summed E-state index contributed by atoms with van der Waals surface area (Å²) >= 11 is 0. The first kappa shape index (κ1) is 12.4. The monoisotopic (exact) mass is 266 g/mol. The van der Waals surface area contributed by atoms with Crippen LogP contribution in [0.3, 0.4) is 0 Å². The van der Waals surface area contributed by atoms with Crippen LogP contribution in [0.4, 0.5) is 0 Å². The standard InChI is InChI=1S/C16H14N2O2/c1-2-18-14(6-7-15(18)16(19)20)13-5-3-4-11-10-17-9-8-12(11)13/h3-10H,2H2,1H3,(H,19,20). The van der Waals surface area contributed by atoms with Crippen molar-refractivity contribution >= 4 is 16.7 Å². The highest BCUT2D eigenvalue weighted by molar-refractivity contribution is 5.96. The molecular formula is C16H14N2O2. The van der Waals surface area contributed by atoms with E-state index >= 15 is 0 Å². The maximum atomic E-state index is 11.3. The molecule has 2 heterocycles. The minimum absolute atomic E-state index is 0.313. The number of pyridine rings is 1. The van der Waals surface area contributed by atoms with Gasteiger partial charge in [0.15, 0.2) is 0 Å². The highest BCUT2D eigenvalue weighted by atomic mass is 16.4. The summed E-state index contributed by atoms with van der Waals surface area (Å²) in [5, 5.41) is 11.4. The van der Waals surface area contributed by atoms with E-state index in [9.17, 15) is 9.90 Å². The van der Waals surface area contributed by atoms with Gasteiger partial charge in [-0.3, -0.25) is 4.98 Å². The van der Waals surface area contributed by atoms with Crippen molar-refractivity contribution in [3.63, 3.8) is 0 Å². The van der Waals surface area contributed by atoms with Gasteiger partial charge in [-0.15, -0.1) is 0 Å². The van der Waals surface area contributed by atoms with Crippen molar-refractivity contribution in [3.8, 4) is 11.3 Å². The molecule has 0 saturated heterocycles. The maximum absolute atomic E-state index is 11.3. The van der Waals surface area contributed by atoms with Crippen LogP contribution in [0.25, 0.3) is 22.0 Å². The molecular weight excluding hydrogens is 252 g/mol. The molecule has 1 aromatic carbocycles. The molecule has 0 unspecified atom stereocenters. The van der Waals surface area contributed by atoms with Gasteiger partial charge in [0.1, 0.15) is 5.69 Å². The zero-order valence-corrected chi connectivity index (χ0v) is 11.1. The van der Waals surface area contributed by atoms with E-state index in [1.54, 1.807) is 12.3 Å². The van der Waals surface area contributed by atoms with E-state index in [1.165, 1.54) is 0 Å². The fourth-order valence-corrected chi connectivity index (χ4v) is 2.58. The van der Waals surface area contributed by atoms with Crippen molar-refractivity contribution in [1.29, 1.82) is 0 Å². The van der Waals surface area contributed by atoms with Crippen molar-refractivity contribution in [2.75, 3.05) is 0 Å². The van der Waals surface area contributed by atoms with Gasteiger partial charge in [0, 0.05) is 35.6 Å². The van der Waals surface area contributed by atoms with Gasteiger partial charge in [0.05, 0.1) is 0 Å². The van der Waals surface area contributed by atoms with Crippen LogP contribution < -0.4 is 0 Å². The van der Waals surface area contributed by atoms with Crippen LogP contribution in [0.2, 0.25) is 0 Å². The Labute approximate surface area is 116 Å². The molecule has 100 valence electrons. The first-order valence-corrected chi connectivity index (χ1v) is 6.48. The third kappa shape index (κ3) is 1.86. The van der Waals surface area contributed by atoms with E-state index in [1.807, 2.05) is 48.0 Å². The summed E-state index contributed by atoms with van der Waals surface area (Å²) in [7, 11) is 0. The summed E-state index contributed by atoms with van der Waals surface area (Å²) in [6, 6.07) is 11.5. The van der Waals surface area contributed by atoms with Crippen molar-refractivity contribution in [2.24, 2.45) is 0 Å². The number of rotatable bonds is 3. The molecule has 0 amide bonds. The highest BCUT2D eigenvalue weighted by Crippen LogP contribution is 2.29. The lowest BCUT2D eigenvalue weighted by Crippen LogP contribution is -2.08. The van der Waals surface area contributed by atoms with Crippen molar-refractivity contribution in [3.05, 3.63) is 54.5 Å². The number of carboxylic acids is 1. The van der Waals surface area contributed by atoms with E-state index in [-0.39, 0.29) is 0 Å². The molecule has 3 rings (SSSR count). The minimum Gasteiger partial charge on any atom is -0.477 e. The second-order valence-electron chi connectivity index (χ2n) is 4.56. The molecule has 1 N–H and O–H groups in total. The Balaban J connectivity index is 2.29. The van der Waals surface area contributed by atoms with Crippen molar-refractivity contribution < 1.29 is 9.90 Å². The zero-order chi connectivity index (χ0) is 14.1. The third-order valence-corrected chi connectivity index (χ3v) is 3.47. The van der Waals surface area contributed by atoms with Crippen molar-refractivity contribution in [2.45, 2.75) is 13.5 Å². The predicted octanol–water partition coefficient (Wildman–Crippen LogP) is 3.42. The predicted molar refractivity (Wildman–Crippen MR) is 77.8 cm³/mol. The topological polar surface area (TPSA) is 55.1 Å². The van der Waals surface area contributed by atoms with E-state index in [0.717, 1.165) is 22.0 Å². The van der Waals surface area contributed by atoms with Gasteiger partial charge >= 0.3 is 5.97 Å². The smallest absolute Gasteiger partial charge is 0.352 e. The largest absolute Gasteiger partial charge is 0.477 e. The Morgan fingerprint density at radius 2 is 2.10 bits per heavy atom. The van der Waals surface area contributed by atoms with Gasteiger partial charge in [0.2, 0.25) is 0 Å². The second kappa shape index (κ2) is 4.81. The van der Waals surface area contributed by atoms with Crippen LogP contribution in [-0.2, 0) is 6.54 Å². The first-order valence-electron chi connectivity index (χ1n) is 6.48. The normalized spacial score (nSPS) is 10.8. The Kier molecular flexibility index (Phi) is 2.99. The number of carboxylic acid groups (broad SMARTS) is 1. The number of aromatic nitrogens is 2. The molecule has 0 radical (unpaired) electrons. The summed E-state index contributed by atoms with van der Waals surface area (Å²) in [4.78, 5) is 15.4. The summed E-state index contributed by atoms with van der Waals surface area (Å²) in [6.45, 7) is 2.56. The number of hydrogen-bond donors (Lipinski definition) is 1. The molecule has 0 atom stereocenters. The van der Waals surface area contributed by atoms with Crippen LogP contribution in [0, 0.1) is 0 Å². The fraction of sp³-hybridized carbons (Fsp3) is 0.125. The zero-order valence-electron chi connectivity index (χ0n) is 11.1. The molecule has 0 aliphatic rings. The fourth-order valence-electron chi connectivity index (χ4n) is 2.58. The summed E-state index contributed by atoms with van der Waals surface area (Å²) in [5.74, 6) is -0.903. The lowest BCUT2D eigenvalue weighted by molar-refractivity contribution is 0.0685. The van der Waals surface area contributed by atoms with Crippen LogP contribution in [0.5, 0.6) is 0 Å². The Hall–Kier alpha value is -2.62. The number of nitrogens with zero attached hydrogens (tertiary/aromatic N) is 2. The molecule has 0 aliphatic heterocycles. The number of hydrogen-bond acceptors (Lipinski definition) is 2. The van der Waals surface area contributed by atoms with E-state index in [0.29, 0.717) is 12.2 Å². The summed E-state index contributed by atoms with van der Waals surface area (Å²) < 4.78 is 1.82. The van der Waals surface area contributed by atoms with Crippen molar-refractivity contribution in [1.82, 2.24) is 9.55 Å². The SMILES string of the molecule is CCn1c(C(=O)O)ccc1-c1cccc2cnccc12. The minimum atomic E-state index is -0.903. The molecule has 3 aromatic rings. The number of benzene rings is 1. The van der Waals surface area contributed by atoms with Gasteiger partial charge in [0.25, 0.3) is 0 Å². The Morgan fingerprint density at radius 1 is 1.25 bits per heavy atom. The molecule has 4 heteroatoms. The molecule has 0 fully saturated rings. The summed E-state index contributed by atoms with van der Waals surface area (Å²) in [6.07, 6.45) is 3.57. The van der Waals surface area contributed by atoms with Gasteiger partial charge in [-0.1, -0.05) is 18.2 Å². The van der Waals surface area contributed by atoms with Crippen LogP contribution in [-0.4, -0.2) is 20.6 Å². The van der Waals surface area contributed by atoms with E-state index < -0.39 is 5.97 Å². The molecule has 0 aliphatic carbocycles. The lowest BCUT2D eigenvalue weighted by Gasteiger charge is -2.11. The molecule has 20 heavy (non-hydrogen) atoms. The quantitative estimate of drug-likeness (QED) is 0.790. The highest BCUT2D eigenvalue weighted by Gasteiger charge is 2.15. The Bertz CT molecular complexity index is 785. The number of aromatic carboxylic acids is 1. The summed E-state index contributed by atoms with van der Waals surface area (Å²) in [5.41, 5.74) is 2.26. The maximum Gasteiger partial charge on any atom is 0.352 e. The first-order chi connectivity index (χ1) is 9.72. The van der Waals surface area contributed by atoms with Crippen LogP contribution in [0.1, 0.15) is 17.4 Å².